The summed E-state index contributed by atoms with van der Waals surface area (Å²) >= 11 is 0. The number of ether oxygens (including phenoxy) is 5. The maximum Gasteiger partial charge on any atom is 0.407 e. The molecule has 1 aliphatic rings. The number of likely N-dealkylation sites (tertiary alicyclic amines) is 1. The van der Waals surface area contributed by atoms with E-state index in [-0.39, 0.29) is 44.1 Å². The fourth-order valence-electron chi connectivity index (χ4n) is 6.61. The number of hydrogen-bond acceptors (Lipinski definition) is 9. The summed E-state index contributed by atoms with van der Waals surface area (Å²) in [4.78, 5) is 40.2. The molecule has 1 amide bonds. The van der Waals surface area contributed by atoms with E-state index < -0.39 is 12.4 Å². The van der Waals surface area contributed by atoms with Crippen molar-refractivity contribution in [3.8, 4) is 0 Å². The summed E-state index contributed by atoms with van der Waals surface area (Å²) in [6.07, 6.45) is 19.3. The SMILES string of the molecule is [CH2]c1cc(COC(=O)CCC(CCCC)OC(=O)NCCN2CCCC2)cc(COC(=O)CCC(OCCCCCCCC)OCCCCCCCC)c1. The summed E-state index contributed by atoms with van der Waals surface area (Å²) in [6, 6.07) is 5.58. The number of carbonyl (C=O) groups is 3. The largest absolute Gasteiger partial charge is 0.461 e. The highest BCUT2D eigenvalue weighted by molar-refractivity contribution is 5.70. The van der Waals surface area contributed by atoms with Crippen LogP contribution >= 0.6 is 0 Å². The van der Waals surface area contributed by atoms with Crippen LogP contribution in [-0.4, -0.2) is 74.7 Å². The molecule has 54 heavy (non-hydrogen) atoms. The van der Waals surface area contributed by atoms with Gasteiger partial charge >= 0.3 is 18.0 Å². The quantitative estimate of drug-likeness (QED) is 0.0324. The van der Waals surface area contributed by atoms with Crippen molar-refractivity contribution in [2.24, 2.45) is 0 Å². The molecule has 1 unspecified atom stereocenters. The molecule has 0 saturated carbocycles. The topological polar surface area (TPSA) is 113 Å². The Morgan fingerprint density at radius 2 is 1.20 bits per heavy atom. The van der Waals surface area contributed by atoms with Crippen molar-refractivity contribution in [2.45, 2.75) is 181 Å². The number of carbonyl (C=O) groups excluding carboxylic acids is 3. The second-order valence-electron chi connectivity index (χ2n) is 14.9. The number of rotatable bonds is 33. The Hall–Kier alpha value is -2.69. The van der Waals surface area contributed by atoms with Crippen LogP contribution in [0, 0.1) is 6.92 Å². The standard InChI is InChI=1S/C44H75N2O8/c1-5-8-11-13-15-19-30-50-43(51-31-20-16-14-12-9-6-2)25-24-42(48)53-36-39-33-37(4)32-38(34-39)35-52-41(47)23-22-40(21-10-7-3)54-44(49)45-26-29-46-27-17-18-28-46/h32-34,40,43H,4-31,35-36H2,1-3H3,(H,45,49). The number of hydrogen-bond donors (Lipinski definition) is 1. The van der Waals surface area contributed by atoms with Crippen molar-refractivity contribution in [3.63, 3.8) is 0 Å². The van der Waals surface area contributed by atoms with Gasteiger partial charge in [-0.15, -0.1) is 0 Å². The van der Waals surface area contributed by atoms with Gasteiger partial charge < -0.3 is 33.9 Å². The molecule has 1 radical (unpaired) electrons. The summed E-state index contributed by atoms with van der Waals surface area (Å²) in [5.41, 5.74) is 2.29. The summed E-state index contributed by atoms with van der Waals surface area (Å²) in [5, 5.41) is 2.85. The molecule has 0 aliphatic carbocycles. The number of unbranched alkanes of at least 4 members (excludes halogenated alkanes) is 11. The third kappa shape index (κ3) is 24.7. The second kappa shape index (κ2) is 31.5. The van der Waals surface area contributed by atoms with E-state index >= 15 is 0 Å². The zero-order valence-electron chi connectivity index (χ0n) is 34.3. The molecule has 0 spiro atoms. The number of nitrogens with one attached hydrogen (secondary N) is 1. The fraction of sp³-hybridized carbons (Fsp3) is 0.773. The highest BCUT2D eigenvalue weighted by atomic mass is 16.7. The van der Waals surface area contributed by atoms with Crippen LogP contribution in [0.25, 0.3) is 0 Å². The lowest BCUT2D eigenvalue weighted by Gasteiger charge is -2.19. The van der Waals surface area contributed by atoms with Crippen LogP contribution in [0.3, 0.4) is 0 Å². The van der Waals surface area contributed by atoms with Crippen LogP contribution < -0.4 is 5.32 Å². The molecular formula is C44H75N2O8. The van der Waals surface area contributed by atoms with Gasteiger partial charge in [-0.05, 0) is 81.3 Å². The number of benzene rings is 1. The van der Waals surface area contributed by atoms with Gasteiger partial charge in [-0.3, -0.25) is 9.59 Å². The van der Waals surface area contributed by atoms with Gasteiger partial charge in [0.25, 0.3) is 0 Å². The number of nitrogens with zero attached hydrogens (tertiary/aromatic N) is 1. The molecule has 1 aliphatic heterocycles. The first-order chi connectivity index (χ1) is 26.3. The monoisotopic (exact) mass is 760 g/mol. The highest BCUT2D eigenvalue weighted by Crippen LogP contribution is 2.17. The first kappa shape index (κ1) is 47.5. The van der Waals surface area contributed by atoms with Crippen LogP contribution in [0.2, 0.25) is 0 Å². The van der Waals surface area contributed by atoms with Crippen molar-refractivity contribution in [3.05, 3.63) is 41.8 Å². The Labute approximate surface area is 328 Å². The van der Waals surface area contributed by atoms with Gasteiger partial charge in [0.05, 0.1) is 6.42 Å². The van der Waals surface area contributed by atoms with Crippen molar-refractivity contribution in [1.29, 1.82) is 0 Å². The van der Waals surface area contributed by atoms with E-state index in [1.165, 1.54) is 64.2 Å². The molecule has 1 fully saturated rings. The van der Waals surface area contributed by atoms with E-state index in [2.05, 4.69) is 37.9 Å². The van der Waals surface area contributed by atoms with Crippen molar-refractivity contribution in [2.75, 3.05) is 39.4 Å². The number of alkyl carbamates (subject to hydrolysis) is 1. The molecular weight excluding hydrogens is 684 g/mol. The van der Waals surface area contributed by atoms with E-state index in [9.17, 15) is 14.4 Å². The Balaban J connectivity index is 1.75. The predicted molar refractivity (Wildman–Crippen MR) is 215 cm³/mol. The number of esters is 2. The molecule has 1 atom stereocenters. The van der Waals surface area contributed by atoms with Gasteiger partial charge in [-0.25, -0.2) is 4.79 Å². The Kier molecular flexibility index (Phi) is 27.7. The molecule has 1 N–H and O–H groups in total. The zero-order chi connectivity index (χ0) is 39.1. The molecule has 1 aromatic carbocycles. The van der Waals surface area contributed by atoms with Gasteiger partial charge in [0.1, 0.15) is 19.3 Å². The number of amides is 1. The van der Waals surface area contributed by atoms with Crippen molar-refractivity contribution in [1.82, 2.24) is 10.2 Å². The zero-order valence-corrected chi connectivity index (χ0v) is 34.3. The summed E-state index contributed by atoms with van der Waals surface area (Å²) in [5.74, 6) is -0.669. The lowest BCUT2D eigenvalue weighted by atomic mass is 10.1. The van der Waals surface area contributed by atoms with E-state index in [4.69, 9.17) is 23.7 Å². The molecule has 1 aromatic rings. The Bertz CT molecular complexity index is 1110. The van der Waals surface area contributed by atoms with E-state index in [0.717, 1.165) is 74.8 Å². The minimum absolute atomic E-state index is 0.0776. The summed E-state index contributed by atoms with van der Waals surface area (Å²) in [7, 11) is 0. The smallest absolute Gasteiger partial charge is 0.407 e. The van der Waals surface area contributed by atoms with E-state index in [1.807, 2.05) is 18.2 Å². The molecule has 0 aromatic heterocycles. The van der Waals surface area contributed by atoms with Crippen LogP contribution in [0.15, 0.2) is 18.2 Å². The summed E-state index contributed by atoms with van der Waals surface area (Å²) in [6.45, 7) is 15.6. The van der Waals surface area contributed by atoms with Crippen LogP contribution in [-0.2, 0) is 46.5 Å². The lowest BCUT2D eigenvalue weighted by molar-refractivity contribution is -0.160. The van der Waals surface area contributed by atoms with Crippen molar-refractivity contribution < 1.29 is 38.1 Å². The first-order valence-corrected chi connectivity index (χ1v) is 21.5. The minimum atomic E-state index is -0.433. The minimum Gasteiger partial charge on any atom is -0.461 e. The maximum absolute atomic E-state index is 12.8. The third-order valence-corrected chi connectivity index (χ3v) is 9.82. The highest BCUT2D eigenvalue weighted by Gasteiger charge is 2.18. The molecule has 1 saturated heterocycles. The summed E-state index contributed by atoms with van der Waals surface area (Å²) < 4.78 is 29.0. The molecule has 2 rings (SSSR count). The van der Waals surface area contributed by atoms with Crippen LogP contribution in [0.4, 0.5) is 4.79 Å². The van der Waals surface area contributed by atoms with E-state index in [0.29, 0.717) is 39.0 Å². The normalized spacial score (nSPS) is 13.6. The average Bonchev–Trinajstić information content (AvgIpc) is 3.68. The maximum atomic E-state index is 12.8. The molecule has 10 heteroatoms. The van der Waals surface area contributed by atoms with Crippen molar-refractivity contribution >= 4 is 18.0 Å². The van der Waals surface area contributed by atoms with Gasteiger partial charge in [0.15, 0.2) is 6.29 Å². The van der Waals surface area contributed by atoms with Gasteiger partial charge in [-0.2, -0.15) is 0 Å². The van der Waals surface area contributed by atoms with Gasteiger partial charge in [0.2, 0.25) is 0 Å². The Morgan fingerprint density at radius 1 is 0.685 bits per heavy atom. The van der Waals surface area contributed by atoms with Gasteiger partial charge in [0, 0.05) is 39.1 Å². The predicted octanol–water partition coefficient (Wildman–Crippen LogP) is 9.98. The van der Waals surface area contributed by atoms with E-state index in [1.54, 1.807) is 0 Å². The fourth-order valence-corrected chi connectivity index (χ4v) is 6.61. The lowest BCUT2D eigenvalue weighted by Crippen LogP contribution is -2.35. The molecule has 0 bridgehead atoms. The second-order valence-corrected chi connectivity index (χ2v) is 14.9. The van der Waals surface area contributed by atoms with Crippen LogP contribution in [0.1, 0.15) is 172 Å². The van der Waals surface area contributed by atoms with Crippen LogP contribution in [0.5, 0.6) is 0 Å². The first-order valence-electron chi connectivity index (χ1n) is 21.5. The Morgan fingerprint density at radius 3 is 1.76 bits per heavy atom. The molecule has 309 valence electrons. The van der Waals surface area contributed by atoms with Gasteiger partial charge in [-0.1, -0.05) is 110 Å². The third-order valence-electron chi connectivity index (χ3n) is 9.82. The molecule has 10 nitrogen and oxygen atoms in total. The average molecular weight is 760 g/mol. The molecule has 1 heterocycles.